The first-order chi connectivity index (χ1) is 24.5. The molecule has 1 aliphatic heterocycles. The molecule has 15 heteroatoms. The van der Waals surface area contributed by atoms with Crippen LogP contribution in [0.3, 0.4) is 0 Å². The molecule has 0 radical (unpaired) electrons. The Bertz CT molecular complexity index is 1770. The number of anilines is 1. The Balaban J connectivity index is 1.41. The Morgan fingerprint density at radius 2 is 1.63 bits per heavy atom. The predicted molar refractivity (Wildman–Crippen MR) is 196 cm³/mol. The van der Waals surface area contributed by atoms with Gasteiger partial charge >= 0.3 is 12.2 Å². The number of carbonyl (C=O) groups is 5. The minimum Gasteiger partial charge on any atom is -0.445 e. The second-order valence-electron chi connectivity index (χ2n) is 13.7. The van der Waals surface area contributed by atoms with E-state index in [0.29, 0.717) is 28.3 Å². The summed E-state index contributed by atoms with van der Waals surface area (Å²) in [5.41, 5.74) is 4.25. The van der Waals surface area contributed by atoms with Crippen LogP contribution < -0.4 is 26.4 Å². The fraction of sp³-hybridized carbons (Fsp3) is 0.378. The summed E-state index contributed by atoms with van der Waals surface area (Å²) in [6.45, 7) is 8.85. The van der Waals surface area contributed by atoms with Crippen molar-refractivity contribution in [2.24, 2.45) is 5.41 Å². The first kappa shape index (κ1) is 40.0. The van der Waals surface area contributed by atoms with E-state index in [4.69, 9.17) is 21.1 Å². The summed E-state index contributed by atoms with van der Waals surface area (Å²) in [4.78, 5) is 66.6. The maximum absolute atomic E-state index is 15.5. The van der Waals surface area contributed by atoms with Gasteiger partial charge in [0.15, 0.2) is 0 Å². The Labute approximate surface area is 311 Å². The first-order valence-corrected chi connectivity index (χ1v) is 18.0. The molecule has 52 heavy (non-hydrogen) atoms. The van der Waals surface area contributed by atoms with E-state index in [1.165, 1.54) is 11.0 Å². The lowest BCUT2D eigenvalue weighted by Crippen LogP contribution is -2.50. The third-order valence-electron chi connectivity index (χ3n) is 7.86. The minimum atomic E-state index is -1.03. The quantitative estimate of drug-likeness (QED) is 0.128. The van der Waals surface area contributed by atoms with Crippen LogP contribution in [0.4, 0.5) is 19.7 Å². The standard InChI is InChI=1S/C37H43ClFN5O7S/c1-36(2,3)51-35(49)41-28-22-52-30-19-27(39)26(18-29(30)44(32(28)46)20-23-12-14-25(38)15-13-23)31(45)42-43-33(47)37(4,5)16-9-17-40-34(48)50-21-24-10-7-6-8-11-24/h6-8,10-15,18-19,28H,9,16-17,20-22H2,1-5H3,(H,40,48)(H,41,49)(H,42,45)(H,43,47)/t28-/m0/s1. The van der Waals surface area contributed by atoms with Gasteiger partial charge in [0.05, 0.1) is 17.8 Å². The number of nitrogens with zero attached hydrogens (tertiary/aromatic N) is 1. The lowest BCUT2D eigenvalue weighted by atomic mass is 9.87. The Morgan fingerprint density at radius 1 is 0.942 bits per heavy atom. The van der Waals surface area contributed by atoms with Crippen LogP contribution in [0.25, 0.3) is 0 Å². The number of halogens is 2. The van der Waals surface area contributed by atoms with Crippen molar-refractivity contribution in [2.45, 2.75) is 77.2 Å². The van der Waals surface area contributed by atoms with Crippen molar-refractivity contribution < 1.29 is 37.8 Å². The van der Waals surface area contributed by atoms with E-state index < -0.39 is 58.3 Å². The second kappa shape index (κ2) is 17.6. The SMILES string of the molecule is CC(C)(C)OC(=O)N[C@H]1CSc2cc(F)c(C(=O)NNC(=O)C(C)(C)CCCNC(=O)OCc3ccccc3)cc2N(Cc2ccc(Cl)cc2)C1=O. The van der Waals surface area contributed by atoms with Gasteiger partial charge in [-0.1, -0.05) is 67.9 Å². The van der Waals surface area contributed by atoms with Gasteiger partial charge in [-0.05, 0) is 69.0 Å². The lowest BCUT2D eigenvalue weighted by molar-refractivity contribution is -0.130. The second-order valence-corrected chi connectivity index (χ2v) is 15.2. The zero-order valence-corrected chi connectivity index (χ0v) is 31.2. The molecule has 12 nitrogen and oxygen atoms in total. The summed E-state index contributed by atoms with van der Waals surface area (Å²) in [5.74, 6) is -2.78. The van der Waals surface area contributed by atoms with E-state index in [0.717, 1.165) is 23.4 Å². The number of carbonyl (C=O) groups excluding carboxylic acids is 5. The van der Waals surface area contributed by atoms with Gasteiger partial charge in [-0.2, -0.15) is 0 Å². The van der Waals surface area contributed by atoms with Crippen LogP contribution in [-0.2, 0) is 32.2 Å². The third-order valence-corrected chi connectivity index (χ3v) is 9.25. The lowest BCUT2D eigenvalue weighted by Gasteiger charge is -2.27. The van der Waals surface area contributed by atoms with Crippen LogP contribution in [0.15, 0.2) is 71.6 Å². The van der Waals surface area contributed by atoms with Crippen molar-refractivity contribution in [3.63, 3.8) is 0 Å². The van der Waals surface area contributed by atoms with Crippen molar-refractivity contribution in [3.8, 4) is 0 Å². The molecular weight excluding hydrogens is 713 g/mol. The van der Waals surface area contributed by atoms with Gasteiger partial charge in [0, 0.05) is 27.6 Å². The van der Waals surface area contributed by atoms with Crippen molar-refractivity contribution in [1.29, 1.82) is 0 Å². The summed E-state index contributed by atoms with van der Waals surface area (Å²) >= 11 is 7.20. The molecule has 1 atom stereocenters. The molecule has 1 heterocycles. The van der Waals surface area contributed by atoms with E-state index in [1.54, 1.807) is 58.9 Å². The number of rotatable bonds is 11. The minimum absolute atomic E-state index is 0.0211. The summed E-state index contributed by atoms with van der Waals surface area (Å²) in [6.07, 6.45) is -0.583. The number of hydrogen-bond acceptors (Lipinski definition) is 8. The van der Waals surface area contributed by atoms with Crippen molar-refractivity contribution in [1.82, 2.24) is 21.5 Å². The van der Waals surface area contributed by atoms with E-state index in [1.807, 2.05) is 30.3 Å². The van der Waals surface area contributed by atoms with Gasteiger partial charge in [0.25, 0.3) is 11.8 Å². The maximum Gasteiger partial charge on any atom is 0.408 e. The molecule has 0 saturated carbocycles. The molecule has 3 aromatic carbocycles. The van der Waals surface area contributed by atoms with Crippen LogP contribution in [-0.4, -0.2) is 53.8 Å². The third kappa shape index (κ3) is 11.6. The van der Waals surface area contributed by atoms with E-state index in [-0.39, 0.29) is 31.1 Å². The van der Waals surface area contributed by atoms with E-state index in [2.05, 4.69) is 21.5 Å². The fourth-order valence-corrected chi connectivity index (χ4v) is 6.24. The molecule has 0 aromatic heterocycles. The van der Waals surface area contributed by atoms with Crippen LogP contribution in [0.1, 0.15) is 68.9 Å². The van der Waals surface area contributed by atoms with Gasteiger partial charge in [0.1, 0.15) is 24.1 Å². The molecule has 0 spiro atoms. The number of thioether (sulfide) groups is 1. The van der Waals surface area contributed by atoms with Crippen LogP contribution in [0.5, 0.6) is 0 Å². The van der Waals surface area contributed by atoms with E-state index >= 15 is 4.39 Å². The molecule has 1 aliphatic rings. The highest BCUT2D eigenvalue weighted by molar-refractivity contribution is 7.99. The number of benzene rings is 3. The summed E-state index contributed by atoms with van der Waals surface area (Å²) in [6, 6.07) is 17.4. The number of fused-ring (bicyclic) bond motifs is 1. The molecule has 0 unspecified atom stereocenters. The number of amides is 5. The molecule has 5 amide bonds. The summed E-state index contributed by atoms with van der Waals surface area (Å²) in [5, 5.41) is 5.76. The highest BCUT2D eigenvalue weighted by Gasteiger charge is 2.35. The fourth-order valence-electron chi connectivity index (χ4n) is 5.04. The summed E-state index contributed by atoms with van der Waals surface area (Å²) < 4.78 is 26.0. The number of ether oxygens (including phenoxy) is 2. The Kier molecular flexibility index (Phi) is 13.5. The molecule has 0 saturated heterocycles. The number of alkyl carbamates (subject to hydrolysis) is 2. The number of hydrazine groups is 1. The largest absolute Gasteiger partial charge is 0.445 e. The topological polar surface area (TPSA) is 155 Å². The normalized spacial score (nSPS) is 14.4. The Morgan fingerprint density at radius 3 is 2.31 bits per heavy atom. The molecular formula is C37H43ClFN5O7S. The van der Waals surface area contributed by atoms with Gasteiger partial charge in [-0.15, -0.1) is 11.8 Å². The van der Waals surface area contributed by atoms with Gasteiger partial charge in [-0.25, -0.2) is 14.0 Å². The van der Waals surface area contributed by atoms with Crippen LogP contribution in [0, 0.1) is 11.2 Å². The zero-order chi connectivity index (χ0) is 38.1. The highest BCUT2D eigenvalue weighted by Crippen LogP contribution is 2.37. The molecule has 4 rings (SSSR count). The summed E-state index contributed by atoms with van der Waals surface area (Å²) in [7, 11) is 0. The molecule has 278 valence electrons. The number of nitrogens with one attached hydrogen (secondary N) is 4. The monoisotopic (exact) mass is 755 g/mol. The van der Waals surface area contributed by atoms with Crippen molar-refractivity contribution in [2.75, 3.05) is 17.2 Å². The molecule has 4 N–H and O–H groups in total. The average Bonchev–Trinajstić information content (AvgIpc) is 3.20. The van der Waals surface area contributed by atoms with Gasteiger partial charge in [0.2, 0.25) is 5.91 Å². The average molecular weight is 756 g/mol. The smallest absolute Gasteiger partial charge is 0.408 e. The molecule has 0 aliphatic carbocycles. The van der Waals surface area contributed by atoms with E-state index in [9.17, 15) is 24.0 Å². The van der Waals surface area contributed by atoms with Crippen molar-refractivity contribution >= 4 is 59.0 Å². The predicted octanol–water partition coefficient (Wildman–Crippen LogP) is 6.51. The zero-order valence-electron chi connectivity index (χ0n) is 29.6. The molecule has 3 aromatic rings. The Hall–Kier alpha value is -4.82. The number of hydrogen-bond donors (Lipinski definition) is 4. The van der Waals surface area contributed by atoms with Gasteiger partial charge in [-0.3, -0.25) is 25.2 Å². The van der Waals surface area contributed by atoms with Crippen LogP contribution >= 0.6 is 23.4 Å². The van der Waals surface area contributed by atoms with Gasteiger partial charge < -0.3 is 25.0 Å². The molecule has 0 bridgehead atoms. The highest BCUT2D eigenvalue weighted by atomic mass is 35.5. The first-order valence-electron chi connectivity index (χ1n) is 16.6. The van der Waals surface area contributed by atoms with Crippen molar-refractivity contribution in [3.05, 3.63) is 94.3 Å². The maximum atomic E-state index is 15.5. The molecule has 0 fully saturated rings. The van der Waals surface area contributed by atoms with Crippen LogP contribution in [0.2, 0.25) is 5.02 Å².